The van der Waals surface area contributed by atoms with Crippen molar-refractivity contribution < 1.29 is 32.2 Å². The van der Waals surface area contributed by atoms with Crippen LogP contribution in [0.1, 0.15) is 47.1 Å². The number of hydrogen-bond acceptors (Lipinski definition) is 7. The van der Waals surface area contributed by atoms with Crippen LogP contribution < -0.4 is 4.74 Å². The first-order chi connectivity index (χ1) is 15.5. The van der Waals surface area contributed by atoms with Crippen molar-refractivity contribution in [2.45, 2.75) is 44.5 Å². The van der Waals surface area contributed by atoms with E-state index in [2.05, 4.69) is 0 Å². The molecule has 0 amide bonds. The van der Waals surface area contributed by atoms with Gasteiger partial charge in [0.1, 0.15) is 17.3 Å². The Hall–Kier alpha value is -2.46. The second-order valence-corrected chi connectivity index (χ2v) is 10.2. The Kier molecular flexibility index (Phi) is 7.79. The van der Waals surface area contributed by atoms with E-state index in [1.807, 2.05) is 0 Å². The largest absolute Gasteiger partial charge is 0.496 e. The van der Waals surface area contributed by atoms with Gasteiger partial charge >= 0.3 is 5.97 Å². The highest BCUT2D eigenvalue weighted by Crippen LogP contribution is 2.29. The monoisotopic (exact) mass is 495 g/mol. The van der Waals surface area contributed by atoms with E-state index in [1.165, 1.54) is 36.5 Å². The number of rotatable bonds is 7. The molecule has 8 nitrogen and oxygen atoms in total. The average molecular weight is 496 g/mol. The fourth-order valence-electron chi connectivity index (χ4n) is 3.63. The number of ether oxygens (including phenoxy) is 3. The number of benzene rings is 2. The van der Waals surface area contributed by atoms with Gasteiger partial charge < -0.3 is 14.2 Å². The molecule has 1 heterocycles. The van der Waals surface area contributed by atoms with Gasteiger partial charge in [-0.3, -0.25) is 4.79 Å². The summed E-state index contributed by atoms with van der Waals surface area (Å²) in [6, 6.07) is 8.81. The van der Waals surface area contributed by atoms with Crippen LogP contribution in [0, 0.1) is 0 Å². The van der Waals surface area contributed by atoms with Crippen molar-refractivity contribution in [3.63, 3.8) is 0 Å². The summed E-state index contributed by atoms with van der Waals surface area (Å²) in [5.74, 6) is -0.408. The van der Waals surface area contributed by atoms with E-state index in [9.17, 15) is 18.0 Å². The summed E-state index contributed by atoms with van der Waals surface area (Å²) >= 11 is 6.20. The third-order valence-corrected chi connectivity index (χ3v) is 7.53. The molecule has 3 rings (SSSR count). The minimum Gasteiger partial charge on any atom is -0.496 e. The highest BCUT2D eigenvalue weighted by molar-refractivity contribution is 7.89. The van der Waals surface area contributed by atoms with Crippen LogP contribution in [0.3, 0.4) is 0 Å². The summed E-state index contributed by atoms with van der Waals surface area (Å²) in [5, 5.41) is 0.00850. The maximum absolute atomic E-state index is 13.2. The van der Waals surface area contributed by atoms with E-state index in [1.54, 1.807) is 32.0 Å². The van der Waals surface area contributed by atoms with E-state index < -0.39 is 16.0 Å². The van der Waals surface area contributed by atoms with E-state index >= 15 is 0 Å². The van der Waals surface area contributed by atoms with Crippen LogP contribution in [0.4, 0.5) is 0 Å². The lowest BCUT2D eigenvalue weighted by Crippen LogP contribution is -2.48. The molecule has 1 aliphatic rings. The van der Waals surface area contributed by atoms with E-state index in [-0.39, 0.29) is 53.2 Å². The zero-order chi connectivity index (χ0) is 24.3. The molecule has 1 aliphatic heterocycles. The summed E-state index contributed by atoms with van der Waals surface area (Å²) in [6.07, 6.45) is -0.535. The molecule has 1 saturated heterocycles. The molecular weight excluding hydrogens is 470 g/mol. The lowest BCUT2D eigenvalue weighted by atomic mass is 10.1. The Morgan fingerprint density at radius 1 is 1.09 bits per heavy atom. The summed E-state index contributed by atoms with van der Waals surface area (Å²) in [5.41, 5.74) is 1.00. The maximum Gasteiger partial charge on any atom is 0.338 e. The smallest absolute Gasteiger partial charge is 0.338 e. The molecular formula is C23H26ClNO7S. The molecule has 2 aromatic carbocycles. The predicted molar refractivity (Wildman–Crippen MR) is 122 cm³/mol. The number of morpholine rings is 1. The Labute approximate surface area is 198 Å². The first-order valence-electron chi connectivity index (χ1n) is 10.3. The number of nitrogens with zero attached hydrogens (tertiary/aromatic N) is 1. The first-order valence-corrected chi connectivity index (χ1v) is 12.1. The Bertz CT molecular complexity index is 1160. The number of hydrogen-bond donors (Lipinski definition) is 0. The predicted octanol–water partition coefficient (Wildman–Crippen LogP) is 3.71. The van der Waals surface area contributed by atoms with Gasteiger partial charge in [0.2, 0.25) is 10.0 Å². The Balaban J connectivity index is 1.83. The van der Waals surface area contributed by atoms with Crippen LogP contribution in [-0.2, 0) is 26.1 Å². The van der Waals surface area contributed by atoms with Crippen LogP contribution in [0.15, 0.2) is 41.3 Å². The van der Waals surface area contributed by atoms with E-state index in [4.69, 9.17) is 25.8 Å². The molecule has 10 heteroatoms. The van der Waals surface area contributed by atoms with Crippen molar-refractivity contribution in [2.24, 2.45) is 0 Å². The molecule has 0 saturated carbocycles. The summed E-state index contributed by atoms with van der Waals surface area (Å²) in [7, 11) is -2.48. The van der Waals surface area contributed by atoms with Gasteiger partial charge in [-0.25, -0.2) is 13.2 Å². The maximum atomic E-state index is 13.2. The molecule has 0 bridgehead atoms. The first kappa shape index (κ1) is 25.2. The number of esters is 1. The minimum absolute atomic E-state index is 0.00850. The van der Waals surface area contributed by atoms with Gasteiger partial charge in [0.15, 0.2) is 5.78 Å². The Morgan fingerprint density at radius 2 is 1.73 bits per heavy atom. The van der Waals surface area contributed by atoms with Gasteiger partial charge in [-0.05, 0) is 57.2 Å². The number of carbonyl (C=O) groups excluding carboxylic acids is 2. The van der Waals surface area contributed by atoms with Gasteiger partial charge in [0, 0.05) is 24.2 Å². The quantitative estimate of drug-likeness (QED) is 0.426. The summed E-state index contributed by atoms with van der Waals surface area (Å²) in [6.45, 7) is 5.23. The zero-order valence-electron chi connectivity index (χ0n) is 18.8. The summed E-state index contributed by atoms with van der Waals surface area (Å²) in [4.78, 5) is 24.2. The molecule has 2 atom stereocenters. The molecule has 0 radical (unpaired) electrons. The van der Waals surface area contributed by atoms with Crippen molar-refractivity contribution in [3.8, 4) is 5.75 Å². The minimum atomic E-state index is -3.95. The number of halogens is 1. The standard InChI is InChI=1S/C23H26ClNO7S/c1-14-11-25(12-15(2)32-14)33(28,29)22-10-18(5-7-20(22)24)23(27)31-13-19-9-17(16(3)26)6-8-21(19)30-4/h5-10,14-15H,11-13H2,1-4H3/t14-,15-/m0/s1. The van der Waals surface area contributed by atoms with Crippen molar-refractivity contribution >= 4 is 33.4 Å². The molecule has 0 aromatic heterocycles. The number of sulfonamides is 1. The van der Waals surface area contributed by atoms with Crippen LogP contribution >= 0.6 is 11.6 Å². The molecule has 0 N–H and O–H groups in total. The third kappa shape index (κ3) is 5.73. The molecule has 1 fully saturated rings. The van der Waals surface area contributed by atoms with Crippen molar-refractivity contribution in [2.75, 3.05) is 20.2 Å². The van der Waals surface area contributed by atoms with Crippen LogP contribution in [0.25, 0.3) is 0 Å². The van der Waals surface area contributed by atoms with Gasteiger partial charge in [0.25, 0.3) is 0 Å². The highest BCUT2D eigenvalue weighted by atomic mass is 35.5. The second-order valence-electron chi connectivity index (χ2n) is 7.88. The van der Waals surface area contributed by atoms with Gasteiger partial charge in [-0.15, -0.1) is 0 Å². The lowest BCUT2D eigenvalue weighted by molar-refractivity contribution is -0.0440. The third-order valence-electron chi connectivity index (χ3n) is 5.22. The molecule has 33 heavy (non-hydrogen) atoms. The van der Waals surface area contributed by atoms with Crippen LogP contribution in [0.2, 0.25) is 5.02 Å². The van der Waals surface area contributed by atoms with Crippen molar-refractivity contribution in [1.29, 1.82) is 0 Å². The lowest BCUT2D eigenvalue weighted by Gasteiger charge is -2.34. The topological polar surface area (TPSA) is 99.2 Å². The van der Waals surface area contributed by atoms with E-state index in [0.717, 1.165) is 0 Å². The zero-order valence-corrected chi connectivity index (χ0v) is 20.4. The summed E-state index contributed by atoms with van der Waals surface area (Å²) < 4.78 is 44.0. The second kappa shape index (κ2) is 10.2. The SMILES string of the molecule is COc1ccc(C(C)=O)cc1COC(=O)c1ccc(Cl)c(S(=O)(=O)N2C[C@H](C)O[C@@H](C)C2)c1. The number of Topliss-reactive ketones (excluding diaryl/α,β-unsaturated/α-hetero) is 1. The molecule has 178 valence electrons. The Morgan fingerprint density at radius 3 is 2.33 bits per heavy atom. The van der Waals surface area contributed by atoms with Gasteiger partial charge in [-0.1, -0.05) is 11.6 Å². The molecule has 0 unspecified atom stereocenters. The molecule has 0 aliphatic carbocycles. The highest BCUT2D eigenvalue weighted by Gasteiger charge is 2.34. The van der Waals surface area contributed by atoms with Crippen LogP contribution in [-0.4, -0.2) is 56.9 Å². The van der Waals surface area contributed by atoms with E-state index in [0.29, 0.717) is 16.9 Å². The average Bonchev–Trinajstić information content (AvgIpc) is 2.76. The normalized spacial score (nSPS) is 19.2. The van der Waals surface area contributed by atoms with Gasteiger partial charge in [0.05, 0.1) is 29.9 Å². The van der Waals surface area contributed by atoms with Gasteiger partial charge in [-0.2, -0.15) is 4.31 Å². The van der Waals surface area contributed by atoms with Crippen LogP contribution in [0.5, 0.6) is 5.75 Å². The fourth-order valence-corrected chi connectivity index (χ4v) is 5.72. The number of ketones is 1. The number of carbonyl (C=O) groups is 2. The molecule has 0 spiro atoms. The van der Waals surface area contributed by atoms with Crippen molar-refractivity contribution in [1.82, 2.24) is 4.31 Å². The molecule has 2 aromatic rings. The fraction of sp³-hybridized carbons (Fsp3) is 0.391. The number of methoxy groups -OCH3 is 1. The van der Waals surface area contributed by atoms with Crippen molar-refractivity contribution in [3.05, 3.63) is 58.1 Å².